The minimum Gasteiger partial charge on any atom is -0.393 e. The average molecular weight is 403 g/mol. The Kier molecular flexibility index (Phi) is 6.01. The van der Waals surface area contributed by atoms with Crippen LogP contribution in [-0.2, 0) is 0 Å². The van der Waals surface area contributed by atoms with Crippen LogP contribution in [0.1, 0.15) is 98.8 Å². The molecule has 0 aromatic rings. The lowest BCUT2D eigenvalue weighted by atomic mass is 9.46. The summed E-state index contributed by atoms with van der Waals surface area (Å²) < 4.78 is 0. The van der Waals surface area contributed by atoms with E-state index >= 15 is 0 Å². The highest BCUT2D eigenvalue weighted by atomic mass is 16.3. The standard InChI is InChI=1S/C27H46O2/c1-17(2)7-6-8-18(3)22-11-12-23-21-10-9-19-15-20(28)16-25(29)27(19,5)24(21)13-14-26(22,23)4/h9,17-18,20-25,28-29H,6-8,10-16H2,1-5H3/t18-,20+,21+,22-,23+,24+,25?,26-,27+/m1/s1. The molecule has 1 unspecified atom stereocenters. The fraction of sp³-hybridized carbons (Fsp3) is 0.926. The Morgan fingerprint density at radius 1 is 1.03 bits per heavy atom. The topological polar surface area (TPSA) is 40.5 Å². The zero-order valence-electron chi connectivity index (χ0n) is 19.7. The molecule has 0 bridgehead atoms. The van der Waals surface area contributed by atoms with Crippen molar-refractivity contribution >= 4 is 0 Å². The average Bonchev–Trinajstić information content (AvgIpc) is 3.00. The second-order valence-electron chi connectivity index (χ2n) is 12.3. The van der Waals surface area contributed by atoms with E-state index in [9.17, 15) is 10.2 Å². The van der Waals surface area contributed by atoms with Crippen LogP contribution in [-0.4, -0.2) is 22.4 Å². The lowest BCUT2D eigenvalue weighted by molar-refractivity contribution is -0.108. The number of hydrogen-bond donors (Lipinski definition) is 2. The number of fused-ring (bicyclic) bond motifs is 5. The summed E-state index contributed by atoms with van der Waals surface area (Å²) >= 11 is 0. The SMILES string of the molecule is CC(C)CCC[C@@H](C)[C@H]1CC[C@H]2[C@@H]3CC=C4C[C@H](O)CC(O)[C@]4(C)[C@H]3CC[C@]12C. The molecule has 166 valence electrons. The summed E-state index contributed by atoms with van der Waals surface area (Å²) in [4.78, 5) is 0. The summed E-state index contributed by atoms with van der Waals surface area (Å²) in [6.45, 7) is 12.2. The van der Waals surface area contributed by atoms with E-state index < -0.39 is 0 Å². The van der Waals surface area contributed by atoms with Crippen molar-refractivity contribution in [2.24, 2.45) is 46.3 Å². The summed E-state index contributed by atoms with van der Waals surface area (Å²) in [5.41, 5.74) is 1.77. The first-order valence-corrected chi connectivity index (χ1v) is 12.7. The fourth-order valence-corrected chi connectivity index (χ4v) is 8.73. The quantitative estimate of drug-likeness (QED) is 0.525. The van der Waals surface area contributed by atoms with Gasteiger partial charge in [0, 0.05) is 11.8 Å². The van der Waals surface area contributed by atoms with Gasteiger partial charge in [-0.1, -0.05) is 65.5 Å². The van der Waals surface area contributed by atoms with Gasteiger partial charge < -0.3 is 10.2 Å². The molecule has 0 spiro atoms. The van der Waals surface area contributed by atoms with Crippen molar-refractivity contribution in [2.75, 3.05) is 0 Å². The molecular formula is C27H46O2. The molecule has 4 aliphatic carbocycles. The lowest BCUT2D eigenvalue weighted by Gasteiger charge is -2.59. The molecule has 4 rings (SSSR count). The van der Waals surface area contributed by atoms with E-state index in [4.69, 9.17) is 0 Å². The van der Waals surface area contributed by atoms with Gasteiger partial charge in [0.15, 0.2) is 0 Å². The van der Waals surface area contributed by atoms with Gasteiger partial charge in [-0.05, 0) is 79.4 Å². The predicted octanol–water partition coefficient (Wildman–Crippen LogP) is 6.36. The molecule has 2 N–H and O–H groups in total. The van der Waals surface area contributed by atoms with Crippen molar-refractivity contribution < 1.29 is 10.2 Å². The smallest absolute Gasteiger partial charge is 0.0658 e. The van der Waals surface area contributed by atoms with Crippen LogP contribution in [0.4, 0.5) is 0 Å². The van der Waals surface area contributed by atoms with Crippen LogP contribution in [0.3, 0.4) is 0 Å². The first-order valence-electron chi connectivity index (χ1n) is 12.7. The third-order valence-corrected chi connectivity index (χ3v) is 10.4. The third kappa shape index (κ3) is 3.55. The molecule has 0 heterocycles. The molecule has 29 heavy (non-hydrogen) atoms. The molecule has 9 atom stereocenters. The maximum atomic E-state index is 11.1. The van der Waals surface area contributed by atoms with Gasteiger partial charge in [0.2, 0.25) is 0 Å². The van der Waals surface area contributed by atoms with Crippen LogP contribution in [0.5, 0.6) is 0 Å². The minimum absolute atomic E-state index is 0.0928. The van der Waals surface area contributed by atoms with Crippen molar-refractivity contribution in [3.8, 4) is 0 Å². The molecule has 0 saturated heterocycles. The zero-order valence-corrected chi connectivity index (χ0v) is 19.7. The van der Waals surface area contributed by atoms with Gasteiger partial charge in [-0.15, -0.1) is 0 Å². The highest BCUT2D eigenvalue weighted by Crippen LogP contribution is 2.67. The van der Waals surface area contributed by atoms with Gasteiger partial charge in [-0.25, -0.2) is 0 Å². The molecule has 0 aliphatic heterocycles. The number of aliphatic hydroxyl groups excluding tert-OH is 2. The van der Waals surface area contributed by atoms with E-state index in [1.165, 1.54) is 56.9 Å². The first-order chi connectivity index (χ1) is 13.7. The second-order valence-corrected chi connectivity index (χ2v) is 12.3. The third-order valence-electron chi connectivity index (χ3n) is 10.4. The molecule has 2 nitrogen and oxygen atoms in total. The molecule has 2 heteroatoms. The fourth-order valence-electron chi connectivity index (χ4n) is 8.73. The molecule has 0 aromatic heterocycles. The van der Waals surface area contributed by atoms with Crippen molar-refractivity contribution in [3.05, 3.63) is 11.6 Å². The van der Waals surface area contributed by atoms with Crippen LogP contribution >= 0.6 is 0 Å². The molecule has 0 amide bonds. The molecule has 3 saturated carbocycles. The van der Waals surface area contributed by atoms with E-state index in [1.54, 1.807) is 0 Å². The molecule has 4 aliphatic rings. The summed E-state index contributed by atoms with van der Waals surface area (Å²) in [6.07, 6.45) is 13.8. The van der Waals surface area contributed by atoms with Gasteiger partial charge in [-0.3, -0.25) is 0 Å². The van der Waals surface area contributed by atoms with Crippen molar-refractivity contribution in [3.63, 3.8) is 0 Å². The van der Waals surface area contributed by atoms with Crippen molar-refractivity contribution in [1.82, 2.24) is 0 Å². The molecule has 3 fully saturated rings. The normalized spacial score (nSPS) is 47.9. The molecular weight excluding hydrogens is 356 g/mol. The maximum absolute atomic E-state index is 11.1. The highest BCUT2D eigenvalue weighted by molar-refractivity contribution is 5.27. The number of hydrogen-bond acceptors (Lipinski definition) is 2. The Labute approximate surface area is 179 Å². The number of allylic oxidation sites excluding steroid dienone is 1. The van der Waals surface area contributed by atoms with Crippen LogP contribution < -0.4 is 0 Å². The monoisotopic (exact) mass is 402 g/mol. The number of rotatable bonds is 5. The minimum atomic E-state index is -0.373. The molecule has 0 radical (unpaired) electrons. The van der Waals surface area contributed by atoms with Gasteiger partial charge >= 0.3 is 0 Å². The van der Waals surface area contributed by atoms with Crippen LogP contribution in [0.15, 0.2) is 11.6 Å². The van der Waals surface area contributed by atoms with E-state index in [0.29, 0.717) is 17.8 Å². The largest absolute Gasteiger partial charge is 0.393 e. The number of aliphatic hydroxyl groups is 2. The summed E-state index contributed by atoms with van der Waals surface area (Å²) in [6, 6.07) is 0. The van der Waals surface area contributed by atoms with E-state index in [2.05, 4.69) is 40.7 Å². The van der Waals surface area contributed by atoms with E-state index in [0.717, 1.165) is 36.0 Å². The molecule has 0 aromatic carbocycles. The lowest BCUT2D eigenvalue weighted by Crippen LogP contribution is -2.55. The zero-order chi connectivity index (χ0) is 21.0. The van der Waals surface area contributed by atoms with Gasteiger partial charge in [0.1, 0.15) is 0 Å². The van der Waals surface area contributed by atoms with E-state index in [-0.39, 0.29) is 17.6 Å². The van der Waals surface area contributed by atoms with Gasteiger partial charge in [0.05, 0.1) is 12.2 Å². The van der Waals surface area contributed by atoms with Crippen LogP contribution in [0.25, 0.3) is 0 Å². The van der Waals surface area contributed by atoms with Crippen molar-refractivity contribution in [2.45, 2.75) is 111 Å². The van der Waals surface area contributed by atoms with E-state index in [1.807, 2.05) is 0 Å². The van der Waals surface area contributed by atoms with Crippen molar-refractivity contribution in [1.29, 1.82) is 0 Å². The second kappa shape index (κ2) is 7.97. The maximum Gasteiger partial charge on any atom is 0.0658 e. The Morgan fingerprint density at radius 2 is 1.79 bits per heavy atom. The van der Waals surface area contributed by atoms with Gasteiger partial charge in [-0.2, -0.15) is 0 Å². The Bertz CT molecular complexity index is 624. The van der Waals surface area contributed by atoms with Crippen LogP contribution in [0, 0.1) is 46.3 Å². The highest BCUT2D eigenvalue weighted by Gasteiger charge is 2.60. The Hall–Kier alpha value is -0.340. The van der Waals surface area contributed by atoms with Crippen LogP contribution in [0.2, 0.25) is 0 Å². The summed E-state index contributed by atoms with van der Waals surface area (Å²) in [5, 5.41) is 21.3. The van der Waals surface area contributed by atoms with Gasteiger partial charge in [0.25, 0.3) is 0 Å². The predicted molar refractivity (Wildman–Crippen MR) is 120 cm³/mol. The Balaban J connectivity index is 1.52. The summed E-state index contributed by atoms with van der Waals surface area (Å²) in [7, 11) is 0. The Morgan fingerprint density at radius 3 is 2.52 bits per heavy atom. The summed E-state index contributed by atoms with van der Waals surface area (Å²) in [5.74, 6) is 4.73. The first kappa shape index (κ1) is 21.9.